The molecule has 2 heterocycles. The Hall–Kier alpha value is -3.37. The fourth-order valence-corrected chi connectivity index (χ4v) is 4.20. The van der Waals surface area contributed by atoms with Gasteiger partial charge >= 0.3 is 0 Å². The molecule has 0 bridgehead atoms. The highest BCUT2D eigenvalue weighted by Gasteiger charge is 2.24. The second-order valence-electron chi connectivity index (χ2n) is 8.23. The standard InChI is InChI=1S/C24H25N3O4/c25-11-17-6-16(12-26-13-17)8-21(28)18-3-1-2-15(7-18)4-5-19-9-23-20(10-22(19)29)27-24(30)14-31-23/h1-3,7,9-10,16-17,26,29H,4-6,8,12-14H2,(H,27,30)/t16-,17+/m1/s1. The van der Waals surface area contributed by atoms with Gasteiger partial charge in [-0.15, -0.1) is 0 Å². The molecule has 2 aromatic rings. The van der Waals surface area contributed by atoms with E-state index in [0.717, 1.165) is 24.1 Å². The Balaban J connectivity index is 1.39. The lowest BCUT2D eigenvalue weighted by Crippen LogP contribution is -2.36. The minimum absolute atomic E-state index is 0.0283. The Labute approximate surface area is 181 Å². The van der Waals surface area contributed by atoms with Crippen LogP contribution in [0.25, 0.3) is 0 Å². The summed E-state index contributed by atoms with van der Waals surface area (Å²) in [5.74, 6) is 0.657. The third-order valence-electron chi connectivity index (χ3n) is 5.84. The van der Waals surface area contributed by atoms with Gasteiger partial charge in [0.05, 0.1) is 17.7 Å². The third kappa shape index (κ3) is 5.04. The number of ketones is 1. The maximum atomic E-state index is 12.8. The smallest absolute Gasteiger partial charge is 0.262 e. The molecule has 1 amide bonds. The number of phenolic OH excluding ortho intramolecular Hbond substituents is 1. The fraction of sp³-hybridized carbons (Fsp3) is 0.375. The number of aryl methyl sites for hydroxylation is 2. The summed E-state index contributed by atoms with van der Waals surface area (Å²) in [5.41, 5.74) is 2.88. The maximum absolute atomic E-state index is 12.8. The largest absolute Gasteiger partial charge is 0.508 e. The number of benzene rings is 2. The number of piperidine rings is 1. The number of ether oxygens (including phenoxy) is 1. The van der Waals surface area contributed by atoms with Crippen molar-refractivity contribution in [3.05, 3.63) is 53.1 Å². The number of fused-ring (bicyclic) bond motifs is 1. The van der Waals surface area contributed by atoms with Gasteiger partial charge in [-0.05, 0) is 55.0 Å². The van der Waals surface area contributed by atoms with Crippen molar-refractivity contribution in [3.8, 4) is 17.6 Å². The molecule has 2 aliphatic heterocycles. The molecule has 0 aliphatic carbocycles. The Morgan fingerprint density at radius 2 is 2.10 bits per heavy atom. The molecular formula is C24H25N3O4. The second kappa shape index (κ2) is 9.19. The van der Waals surface area contributed by atoms with E-state index in [4.69, 9.17) is 10.00 Å². The normalized spacial score (nSPS) is 20.2. The number of hydrogen-bond acceptors (Lipinski definition) is 6. The molecule has 2 aromatic carbocycles. The first-order chi connectivity index (χ1) is 15.0. The lowest BCUT2D eigenvalue weighted by molar-refractivity contribution is -0.118. The number of aromatic hydroxyl groups is 1. The van der Waals surface area contributed by atoms with Gasteiger partial charge in [-0.3, -0.25) is 9.59 Å². The van der Waals surface area contributed by atoms with Crippen molar-refractivity contribution in [1.29, 1.82) is 5.26 Å². The lowest BCUT2D eigenvalue weighted by atomic mass is 9.86. The number of Topliss-reactive ketones (excluding diaryl/α,β-unsaturated/α-hetero) is 1. The molecule has 160 valence electrons. The Kier molecular flexibility index (Phi) is 6.19. The number of hydrogen-bond donors (Lipinski definition) is 3. The third-order valence-corrected chi connectivity index (χ3v) is 5.84. The number of nitriles is 1. The molecule has 31 heavy (non-hydrogen) atoms. The second-order valence-corrected chi connectivity index (χ2v) is 8.23. The molecule has 0 aromatic heterocycles. The van der Waals surface area contributed by atoms with E-state index in [1.807, 2.05) is 24.3 Å². The van der Waals surface area contributed by atoms with Crippen LogP contribution in [0.4, 0.5) is 5.69 Å². The van der Waals surface area contributed by atoms with E-state index in [1.165, 1.54) is 6.07 Å². The Morgan fingerprint density at radius 3 is 2.94 bits per heavy atom. The Morgan fingerprint density at radius 1 is 1.23 bits per heavy atom. The first-order valence-electron chi connectivity index (χ1n) is 10.5. The summed E-state index contributed by atoms with van der Waals surface area (Å²) in [7, 11) is 0. The van der Waals surface area contributed by atoms with E-state index < -0.39 is 0 Å². The summed E-state index contributed by atoms with van der Waals surface area (Å²) in [6.45, 7) is 1.43. The molecule has 3 N–H and O–H groups in total. The van der Waals surface area contributed by atoms with Crippen LogP contribution in [-0.2, 0) is 17.6 Å². The van der Waals surface area contributed by atoms with Crippen LogP contribution in [0, 0.1) is 23.2 Å². The predicted octanol–water partition coefficient (Wildman–Crippen LogP) is 2.83. The van der Waals surface area contributed by atoms with E-state index in [2.05, 4.69) is 16.7 Å². The average molecular weight is 419 g/mol. The zero-order valence-electron chi connectivity index (χ0n) is 17.2. The summed E-state index contributed by atoms with van der Waals surface area (Å²) in [6.07, 6.45) is 2.42. The van der Waals surface area contributed by atoms with Crippen molar-refractivity contribution in [2.24, 2.45) is 11.8 Å². The number of nitrogens with zero attached hydrogens (tertiary/aromatic N) is 1. The summed E-state index contributed by atoms with van der Waals surface area (Å²) < 4.78 is 5.43. The molecule has 2 aliphatic rings. The van der Waals surface area contributed by atoms with Gasteiger partial charge in [-0.1, -0.05) is 18.2 Å². The summed E-state index contributed by atoms with van der Waals surface area (Å²) >= 11 is 0. The quantitative estimate of drug-likeness (QED) is 0.621. The monoisotopic (exact) mass is 419 g/mol. The molecule has 7 heteroatoms. The van der Waals surface area contributed by atoms with Gasteiger partial charge in [0.15, 0.2) is 12.4 Å². The van der Waals surface area contributed by atoms with Crippen molar-refractivity contribution >= 4 is 17.4 Å². The fourth-order valence-electron chi connectivity index (χ4n) is 4.20. The first-order valence-corrected chi connectivity index (χ1v) is 10.5. The molecule has 1 saturated heterocycles. The van der Waals surface area contributed by atoms with E-state index in [9.17, 15) is 14.7 Å². The van der Waals surface area contributed by atoms with Crippen LogP contribution in [0.3, 0.4) is 0 Å². The highest BCUT2D eigenvalue weighted by Crippen LogP contribution is 2.35. The molecule has 0 unspecified atom stereocenters. The zero-order valence-corrected chi connectivity index (χ0v) is 17.2. The van der Waals surface area contributed by atoms with Crippen LogP contribution in [0.5, 0.6) is 11.5 Å². The van der Waals surface area contributed by atoms with E-state index in [0.29, 0.717) is 42.8 Å². The summed E-state index contributed by atoms with van der Waals surface area (Å²) in [4.78, 5) is 24.2. The molecule has 0 spiro atoms. The molecule has 0 saturated carbocycles. The number of amides is 1. The van der Waals surface area contributed by atoms with E-state index in [1.54, 1.807) is 6.07 Å². The van der Waals surface area contributed by atoms with Gasteiger partial charge in [-0.25, -0.2) is 0 Å². The van der Waals surface area contributed by atoms with Crippen molar-refractivity contribution in [2.75, 3.05) is 25.0 Å². The van der Waals surface area contributed by atoms with E-state index >= 15 is 0 Å². The molecular weight excluding hydrogens is 394 g/mol. The number of rotatable bonds is 6. The maximum Gasteiger partial charge on any atom is 0.262 e. The van der Waals surface area contributed by atoms with Gasteiger partial charge in [0.1, 0.15) is 11.5 Å². The molecule has 4 rings (SSSR count). The van der Waals surface area contributed by atoms with Gasteiger partial charge in [0, 0.05) is 24.6 Å². The van der Waals surface area contributed by atoms with Crippen LogP contribution in [0.2, 0.25) is 0 Å². The van der Waals surface area contributed by atoms with Crippen molar-refractivity contribution in [1.82, 2.24) is 5.32 Å². The van der Waals surface area contributed by atoms with Gasteiger partial charge in [-0.2, -0.15) is 5.26 Å². The molecule has 0 radical (unpaired) electrons. The minimum atomic E-state index is -0.242. The van der Waals surface area contributed by atoms with Crippen LogP contribution in [0.15, 0.2) is 36.4 Å². The van der Waals surface area contributed by atoms with Crippen molar-refractivity contribution in [2.45, 2.75) is 25.7 Å². The number of anilines is 1. The Bertz CT molecular complexity index is 1040. The summed E-state index contributed by atoms with van der Waals surface area (Å²) in [6, 6.07) is 13.1. The number of nitrogens with one attached hydrogen (secondary N) is 2. The lowest BCUT2D eigenvalue weighted by Gasteiger charge is -2.25. The SMILES string of the molecule is N#C[C@H]1CNC[C@@H](CC(=O)c2cccc(CCc3cc4c(cc3O)NC(=O)CO4)c2)C1. The topological polar surface area (TPSA) is 111 Å². The van der Waals surface area contributed by atoms with Crippen LogP contribution < -0.4 is 15.4 Å². The van der Waals surface area contributed by atoms with Gasteiger partial charge < -0.3 is 20.5 Å². The zero-order chi connectivity index (χ0) is 21.8. The highest BCUT2D eigenvalue weighted by molar-refractivity contribution is 5.96. The van der Waals surface area contributed by atoms with Crippen molar-refractivity contribution < 1.29 is 19.4 Å². The molecule has 7 nitrogen and oxygen atoms in total. The van der Waals surface area contributed by atoms with E-state index in [-0.39, 0.29) is 35.9 Å². The van der Waals surface area contributed by atoms with Crippen LogP contribution in [0.1, 0.15) is 34.3 Å². The molecule has 2 atom stereocenters. The van der Waals surface area contributed by atoms with Crippen LogP contribution >= 0.6 is 0 Å². The number of phenols is 1. The average Bonchev–Trinajstić information content (AvgIpc) is 2.78. The van der Waals surface area contributed by atoms with Gasteiger partial charge in [0.25, 0.3) is 5.91 Å². The van der Waals surface area contributed by atoms with Crippen molar-refractivity contribution in [3.63, 3.8) is 0 Å². The van der Waals surface area contributed by atoms with Gasteiger partial charge in [0.2, 0.25) is 0 Å². The summed E-state index contributed by atoms with van der Waals surface area (Å²) in [5, 5.41) is 25.4. The minimum Gasteiger partial charge on any atom is -0.508 e. The first kappa shape index (κ1) is 20.9. The van der Waals surface area contributed by atoms with Crippen LogP contribution in [-0.4, -0.2) is 36.5 Å². The predicted molar refractivity (Wildman–Crippen MR) is 115 cm³/mol. The number of carbonyl (C=O) groups is 2. The molecule has 1 fully saturated rings. The number of carbonyl (C=O) groups excluding carboxylic acids is 2. The highest BCUT2D eigenvalue weighted by atomic mass is 16.5.